The molecule has 1 saturated heterocycles. The number of urea groups is 1. The van der Waals surface area contributed by atoms with Gasteiger partial charge in [0.2, 0.25) is 0 Å². The number of hydrogen-bond acceptors (Lipinski definition) is 2. The van der Waals surface area contributed by atoms with Crippen molar-refractivity contribution in [2.45, 2.75) is 37.6 Å². The average molecular weight is 252 g/mol. The molecule has 17 heavy (non-hydrogen) atoms. The van der Waals surface area contributed by atoms with Gasteiger partial charge in [-0.05, 0) is 19.3 Å². The normalized spacial score (nSPS) is 29.0. The molecule has 0 unspecified atom stereocenters. The molecule has 0 aromatic rings. The number of carbonyl (C=O) groups is 1. The van der Waals surface area contributed by atoms with Crippen molar-refractivity contribution in [2.75, 3.05) is 19.7 Å². The lowest BCUT2D eigenvalue weighted by molar-refractivity contribution is -0.123. The van der Waals surface area contributed by atoms with Gasteiger partial charge in [-0.2, -0.15) is 13.2 Å². The highest BCUT2D eigenvalue weighted by atomic mass is 19.4. The lowest BCUT2D eigenvalue weighted by atomic mass is 10.1. The van der Waals surface area contributed by atoms with Crippen LogP contribution in [0.5, 0.6) is 0 Å². The molecule has 2 atom stereocenters. The van der Waals surface area contributed by atoms with Crippen LogP contribution in [0.1, 0.15) is 19.3 Å². The number of hydrogen-bond donors (Lipinski definition) is 1. The topological polar surface area (TPSA) is 41.6 Å². The number of carbonyl (C=O) groups excluding carboxylic acids is 1. The molecule has 0 aromatic carbocycles. The summed E-state index contributed by atoms with van der Waals surface area (Å²) in [6.45, 7) is -0.508. The van der Waals surface area contributed by atoms with E-state index in [1.165, 1.54) is 4.90 Å². The lowest BCUT2D eigenvalue weighted by Crippen LogP contribution is -2.55. The fourth-order valence-electron chi connectivity index (χ4n) is 2.46. The van der Waals surface area contributed by atoms with Crippen LogP contribution in [0.4, 0.5) is 18.0 Å². The molecule has 1 aliphatic heterocycles. The van der Waals surface area contributed by atoms with Crippen LogP contribution >= 0.6 is 0 Å². The fraction of sp³-hybridized carbons (Fsp3) is 0.900. The summed E-state index contributed by atoms with van der Waals surface area (Å²) in [7, 11) is 0. The van der Waals surface area contributed by atoms with Crippen molar-refractivity contribution in [2.24, 2.45) is 0 Å². The van der Waals surface area contributed by atoms with E-state index in [4.69, 9.17) is 4.74 Å². The van der Waals surface area contributed by atoms with Crippen LogP contribution in [0.25, 0.3) is 0 Å². The van der Waals surface area contributed by atoms with Crippen molar-refractivity contribution in [3.8, 4) is 0 Å². The van der Waals surface area contributed by atoms with Crippen LogP contribution in [-0.4, -0.2) is 48.9 Å². The van der Waals surface area contributed by atoms with Crippen molar-refractivity contribution in [1.82, 2.24) is 10.2 Å². The Morgan fingerprint density at radius 3 is 2.88 bits per heavy atom. The Labute approximate surface area is 97.1 Å². The first-order valence-electron chi connectivity index (χ1n) is 5.70. The third kappa shape index (κ3) is 3.02. The Kier molecular flexibility index (Phi) is 3.46. The van der Waals surface area contributed by atoms with Crippen LogP contribution in [-0.2, 0) is 4.74 Å². The van der Waals surface area contributed by atoms with E-state index in [1.807, 2.05) is 5.32 Å². The van der Waals surface area contributed by atoms with E-state index in [0.717, 1.165) is 19.3 Å². The second kappa shape index (κ2) is 4.72. The van der Waals surface area contributed by atoms with Gasteiger partial charge in [0.15, 0.2) is 0 Å². The molecule has 2 rings (SSSR count). The average Bonchev–Trinajstić information content (AvgIpc) is 2.72. The molecule has 2 amide bonds. The third-order valence-corrected chi connectivity index (χ3v) is 3.18. The summed E-state index contributed by atoms with van der Waals surface area (Å²) in [6.07, 6.45) is -1.71. The number of nitrogens with one attached hydrogen (secondary N) is 1. The number of morpholine rings is 1. The fourth-order valence-corrected chi connectivity index (χ4v) is 2.46. The molecule has 1 aliphatic carbocycles. The first-order valence-corrected chi connectivity index (χ1v) is 5.70. The van der Waals surface area contributed by atoms with E-state index >= 15 is 0 Å². The first-order chi connectivity index (χ1) is 7.97. The molecule has 2 fully saturated rings. The molecule has 1 heterocycles. The molecule has 0 spiro atoms. The first kappa shape index (κ1) is 12.5. The maximum atomic E-state index is 12.0. The van der Waals surface area contributed by atoms with Crippen molar-refractivity contribution in [3.63, 3.8) is 0 Å². The summed E-state index contributed by atoms with van der Waals surface area (Å²) in [6, 6.07) is -0.695. The summed E-state index contributed by atoms with van der Waals surface area (Å²) >= 11 is 0. The Morgan fingerprint density at radius 1 is 1.41 bits per heavy atom. The molecule has 98 valence electrons. The van der Waals surface area contributed by atoms with Gasteiger partial charge in [0.05, 0.1) is 18.8 Å². The summed E-state index contributed by atoms with van der Waals surface area (Å²) in [5.74, 6) is 0. The van der Waals surface area contributed by atoms with Gasteiger partial charge in [0.25, 0.3) is 0 Å². The highest BCUT2D eigenvalue weighted by Crippen LogP contribution is 2.29. The second-order valence-electron chi connectivity index (χ2n) is 4.37. The SMILES string of the molecule is O=C(NCC(F)(F)F)N1CCO[C@@H]2CCC[C@H]21. The highest BCUT2D eigenvalue weighted by molar-refractivity contribution is 5.74. The molecule has 4 nitrogen and oxygen atoms in total. The monoisotopic (exact) mass is 252 g/mol. The molecule has 1 N–H and O–H groups in total. The Bertz CT molecular complexity index is 296. The van der Waals surface area contributed by atoms with Crippen LogP contribution in [0.15, 0.2) is 0 Å². The predicted molar refractivity (Wildman–Crippen MR) is 53.5 cm³/mol. The standard InChI is InChI=1S/C10H15F3N2O2/c11-10(12,13)6-14-9(16)15-4-5-17-8-3-1-2-7(8)15/h7-8H,1-6H2,(H,14,16)/t7-,8-/m1/s1. The maximum Gasteiger partial charge on any atom is 0.405 e. The van der Waals surface area contributed by atoms with Crippen LogP contribution in [0.2, 0.25) is 0 Å². The van der Waals surface area contributed by atoms with Crippen LogP contribution < -0.4 is 5.32 Å². The van der Waals surface area contributed by atoms with E-state index < -0.39 is 18.8 Å². The Morgan fingerprint density at radius 2 is 2.18 bits per heavy atom. The largest absolute Gasteiger partial charge is 0.405 e. The number of rotatable bonds is 1. The zero-order valence-corrected chi connectivity index (χ0v) is 9.29. The van der Waals surface area contributed by atoms with Crippen molar-refractivity contribution < 1.29 is 22.7 Å². The quantitative estimate of drug-likeness (QED) is 0.768. The molecule has 2 aliphatic rings. The van der Waals surface area contributed by atoms with E-state index in [9.17, 15) is 18.0 Å². The maximum absolute atomic E-state index is 12.0. The zero-order valence-electron chi connectivity index (χ0n) is 9.29. The summed E-state index contributed by atoms with van der Waals surface area (Å²) in [5.41, 5.74) is 0. The molecule has 0 aromatic heterocycles. The number of halogens is 3. The highest BCUT2D eigenvalue weighted by Gasteiger charge is 2.39. The van der Waals surface area contributed by atoms with Gasteiger partial charge in [-0.1, -0.05) is 0 Å². The summed E-state index contributed by atoms with van der Waals surface area (Å²) < 4.78 is 41.5. The molecular formula is C10H15F3N2O2. The zero-order chi connectivity index (χ0) is 12.5. The lowest BCUT2D eigenvalue weighted by Gasteiger charge is -2.37. The molecular weight excluding hydrogens is 237 g/mol. The van der Waals surface area contributed by atoms with Crippen LogP contribution in [0.3, 0.4) is 0 Å². The van der Waals surface area contributed by atoms with Gasteiger partial charge < -0.3 is 15.0 Å². The number of fused-ring (bicyclic) bond motifs is 1. The van der Waals surface area contributed by atoms with Crippen molar-refractivity contribution in [3.05, 3.63) is 0 Å². The minimum absolute atomic E-state index is 0.000358. The molecule has 1 saturated carbocycles. The second-order valence-corrected chi connectivity index (χ2v) is 4.37. The van der Waals surface area contributed by atoms with Gasteiger partial charge >= 0.3 is 12.2 Å². The summed E-state index contributed by atoms with van der Waals surface area (Å²) in [4.78, 5) is 13.1. The number of amides is 2. The van der Waals surface area contributed by atoms with Gasteiger partial charge in [0.1, 0.15) is 6.54 Å². The number of nitrogens with zero attached hydrogens (tertiary/aromatic N) is 1. The molecule has 7 heteroatoms. The smallest absolute Gasteiger partial charge is 0.374 e. The van der Waals surface area contributed by atoms with E-state index in [-0.39, 0.29) is 12.1 Å². The van der Waals surface area contributed by atoms with Crippen molar-refractivity contribution in [1.29, 1.82) is 0 Å². The Balaban J connectivity index is 1.90. The minimum Gasteiger partial charge on any atom is -0.374 e. The third-order valence-electron chi connectivity index (χ3n) is 3.18. The Hall–Kier alpha value is -0.980. The molecule has 0 bridgehead atoms. The van der Waals surface area contributed by atoms with Crippen molar-refractivity contribution >= 4 is 6.03 Å². The van der Waals surface area contributed by atoms with Gasteiger partial charge in [-0.15, -0.1) is 0 Å². The number of alkyl halides is 3. The van der Waals surface area contributed by atoms with Gasteiger partial charge in [-0.3, -0.25) is 0 Å². The van der Waals surface area contributed by atoms with Gasteiger partial charge in [-0.25, -0.2) is 4.79 Å². The van der Waals surface area contributed by atoms with E-state index in [2.05, 4.69) is 0 Å². The number of ether oxygens (including phenoxy) is 1. The van der Waals surface area contributed by atoms with Gasteiger partial charge in [0, 0.05) is 6.54 Å². The summed E-state index contributed by atoms with van der Waals surface area (Å²) in [5, 5.41) is 1.91. The minimum atomic E-state index is -4.36. The van der Waals surface area contributed by atoms with E-state index in [0.29, 0.717) is 13.2 Å². The van der Waals surface area contributed by atoms with E-state index in [1.54, 1.807) is 0 Å². The molecule has 0 radical (unpaired) electrons. The van der Waals surface area contributed by atoms with Crippen LogP contribution in [0, 0.1) is 0 Å². The predicted octanol–water partition coefficient (Wildman–Crippen LogP) is 1.51.